The number of nitrogens with zero attached hydrogens (tertiary/aromatic N) is 1. The minimum absolute atomic E-state index is 0. The van der Waals surface area contributed by atoms with Gasteiger partial charge in [0.1, 0.15) is 13.2 Å². The van der Waals surface area contributed by atoms with E-state index in [1.807, 2.05) is 49.4 Å². The highest BCUT2D eigenvalue weighted by Gasteiger charge is 2.16. The summed E-state index contributed by atoms with van der Waals surface area (Å²) < 4.78 is 11.2. The number of aliphatic hydroxyl groups is 1. The highest BCUT2D eigenvalue weighted by Crippen LogP contribution is 2.38. The number of hydrogen-bond acceptors (Lipinski definition) is 4. The van der Waals surface area contributed by atoms with E-state index in [4.69, 9.17) is 21.1 Å². The van der Waals surface area contributed by atoms with Crippen LogP contribution >= 0.6 is 35.6 Å². The first-order valence-electron chi connectivity index (χ1n) is 9.97. The van der Waals surface area contributed by atoms with Crippen LogP contribution in [-0.4, -0.2) is 50.5 Å². The van der Waals surface area contributed by atoms with Gasteiger partial charge < -0.3 is 25.2 Å². The van der Waals surface area contributed by atoms with Gasteiger partial charge in [0.2, 0.25) is 0 Å². The topological polar surface area (TPSA) is 75.1 Å². The molecule has 1 atom stereocenters. The number of fused-ring (bicyclic) bond motifs is 1. The fourth-order valence-electron chi connectivity index (χ4n) is 3.17. The van der Waals surface area contributed by atoms with Gasteiger partial charge in [-0.3, -0.25) is 4.99 Å². The zero-order valence-electron chi connectivity index (χ0n) is 17.1. The maximum atomic E-state index is 9.73. The number of guanidine groups is 1. The van der Waals surface area contributed by atoms with E-state index >= 15 is 0 Å². The molecule has 0 saturated carbocycles. The van der Waals surface area contributed by atoms with Gasteiger partial charge >= 0.3 is 0 Å². The van der Waals surface area contributed by atoms with Gasteiger partial charge in [-0.2, -0.15) is 0 Å². The molecule has 0 amide bonds. The van der Waals surface area contributed by atoms with E-state index in [9.17, 15) is 5.11 Å². The predicted octanol–water partition coefficient (Wildman–Crippen LogP) is 3.60. The van der Waals surface area contributed by atoms with E-state index in [0.29, 0.717) is 42.8 Å². The van der Waals surface area contributed by atoms with Gasteiger partial charge in [0.25, 0.3) is 0 Å². The molecule has 3 N–H and O–H groups in total. The van der Waals surface area contributed by atoms with Crippen LogP contribution in [0.4, 0.5) is 0 Å². The minimum atomic E-state index is -0.0248. The molecular weight excluding hydrogens is 517 g/mol. The molecule has 1 aliphatic heterocycles. The van der Waals surface area contributed by atoms with Gasteiger partial charge in [0, 0.05) is 19.0 Å². The average molecular weight is 546 g/mol. The van der Waals surface area contributed by atoms with Crippen LogP contribution in [-0.2, 0) is 6.42 Å². The van der Waals surface area contributed by atoms with Crippen molar-refractivity contribution in [2.24, 2.45) is 4.99 Å². The van der Waals surface area contributed by atoms with Crippen LogP contribution in [0.15, 0.2) is 47.5 Å². The normalized spacial score (nSPS) is 13.9. The number of nitrogens with one attached hydrogen (secondary N) is 2. The Morgan fingerprint density at radius 3 is 2.67 bits per heavy atom. The zero-order chi connectivity index (χ0) is 20.5. The lowest BCUT2D eigenvalue weighted by Gasteiger charge is -2.20. The molecule has 0 aliphatic carbocycles. The van der Waals surface area contributed by atoms with E-state index in [2.05, 4.69) is 15.6 Å². The molecule has 0 aromatic heterocycles. The number of rotatable bonds is 8. The Labute approximate surface area is 200 Å². The molecule has 0 fully saturated rings. The highest BCUT2D eigenvalue weighted by molar-refractivity contribution is 14.0. The fraction of sp³-hybridized carbons (Fsp3) is 0.409. The SMILES string of the molecule is CCNC(=NCC(CO)c1ccccc1)NCCc1cc(Cl)c2c(c1)OCCO2.I. The second-order valence-electron chi connectivity index (χ2n) is 6.79. The predicted molar refractivity (Wildman–Crippen MR) is 132 cm³/mol. The third-order valence-electron chi connectivity index (χ3n) is 4.67. The molecular formula is C22H29ClIN3O3. The smallest absolute Gasteiger partial charge is 0.191 e. The van der Waals surface area contributed by atoms with Crippen LogP contribution in [0, 0.1) is 0 Å². The third kappa shape index (κ3) is 6.92. The third-order valence-corrected chi connectivity index (χ3v) is 4.95. The molecule has 1 unspecified atom stereocenters. The Balaban J connectivity index is 0.00000320. The van der Waals surface area contributed by atoms with Crippen LogP contribution in [0.3, 0.4) is 0 Å². The molecule has 2 aromatic rings. The summed E-state index contributed by atoms with van der Waals surface area (Å²) in [6.45, 7) is 5.10. The first-order valence-corrected chi connectivity index (χ1v) is 10.3. The van der Waals surface area contributed by atoms with Crippen molar-refractivity contribution in [3.63, 3.8) is 0 Å². The van der Waals surface area contributed by atoms with Crippen molar-refractivity contribution < 1.29 is 14.6 Å². The monoisotopic (exact) mass is 545 g/mol. The second kappa shape index (κ2) is 12.9. The summed E-state index contributed by atoms with van der Waals surface area (Å²) >= 11 is 6.31. The fourth-order valence-corrected chi connectivity index (χ4v) is 3.46. The van der Waals surface area contributed by atoms with Gasteiger partial charge in [-0.05, 0) is 36.6 Å². The summed E-state index contributed by atoms with van der Waals surface area (Å²) in [4.78, 5) is 4.64. The molecule has 1 aliphatic rings. The lowest BCUT2D eigenvalue weighted by atomic mass is 10.0. The van der Waals surface area contributed by atoms with Crippen molar-refractivity contribution in [1.29, 1.82) is 0 Å². The number of halogens is 2. The molecule has 0 bridgehead atoms. The van der Waals surface area contributed by atoms with Crippen LogP contribution in [0.2, 0.25) is 5.02 Å². The van der Waals surface area contributed by atoms with Gasteiger partial charge in [0.15, 0.2) is 17.5 Å². The summed E-state index contributed by atoms with van der Waals surface area (Å²) in [5, 5.41) is 16.9. The van der Waals surface area contributed by atoms with Crippen LogP contribution in [0.1, 0.15) is 24.0 Å². The Kier molecular flexibility index (Phi) is 10.5. The van der Waals surface area contributed by atoms with E-state index in [1.165, 1.54) is 0 Å². The Morgan fingerprint density at radius 2 is 1.93 bits per heavy atom. The first kappa shape index (κ1) is 24.6. The number of hydrogen-bond donors (Lipinski definition) is 3. The lowest BCUT2D eigenvalue weighted by Crippen LogP contribution is -2.38. The highest BCUT2D eigenvalue weighted by atomic mass is 127. The zero-order valence-corrected chi connectivity index (χ0v) is 20.2. The second-order valence-corrected chi connectivity index (χ2v) is 7.20. The molecule has 6 nitrogen and oxygen atoms in total. The summed E-state index contributed by atoms with van der Waals surface area (Å²) in [6, 6.07) is 13.8. The molecule has 8 heteroatoms. The molecule has 3 rings (SSSR count). The van der Waals surface area contributed by atoms with Crippen molar-refractivity contribution in [1.82, 2.24) is 10.6 Å². The Hall–Kier alpha value is -1.71. The Morgan fingerprint density at radius 1 is 1.17 bits per heavy atom. The average Bonchev–Trinajstić information content (AvgIpc) is 2.75. The van der Waals surface area contributed by atoms with Gasteiger partial charge in [-0.15, -0.1) is 24.0 Å². The molecule has 164 valence electrons. The van der Waals surface area contributed by atoms with Crippen molar-refractivity contribution in [3.8, 4) is 11.5 Å². The van der Waals surface area contributed by atoms with Crippen molar-refractivity contribution in [2.75, 3.05) is 39.5 Å². The van der Waals surface area contributed by atoms with Crippen molar-refractivity contribution >= 4 is 41.5 Å². The Bertz CT molecular complexity index is 821. The maximum Gasteiger partial charge on any atom is 0.191 e. The van der Waals surface area contributed by atoms with Gasteiger partial charge in [0.05, 0.1) is 18.2 Å². The van der Waals surface area contributed by atoms with Crippen molar-refractivity contribution in [3.05, 3.63) is 58.6 Å². The summed E-state index contributed by atoms with van der Waals surface area (Å²) in [6.07, 6.45) is 0.767. The van der Waals surface area contributed by atoms with E-state index in [0.717, 1.165) is 30.1 Å². The van der Waals surface area contributed by atoms with Gasteiger partial charge in [-0.1, -0.05) is 41.9 Å². The number of aliphatic hydroxyl groups excluding tert-OH is 1. The molecule has 0 radical (unpaired) electrons. The molecule has 30 heavy (non-hydrogen) atoms. The van der Waals surface area contributed by atoms with E-state index < -0.39 is 0 Å². The van der Waals surface area contributed by atoms with E-state index in [-0.39, 0.29) is 36.5 Å². The minimum Gasteiger partial charge on any atom is -0.486 e. The molecule has 2 aromatic carbocycles. The maximum absolute atomic E-state index is 9.73. The molecule has 0 spiro atoms. The summed E-state index contributed by atoms with van der Waals surface area (Å²) in [5.41, 5.74) is 2.15. The number of ether oxygens (including phenoxy) is 2. The van der Waals surface area contributed by atoms with Crippen LogP contribution < -0.4 is 20.1 Å². The largest absolute Gasteiger partial charge is 0.486 e. The molecule has 0 saturated heterocycles. The standard InChI is InChI=1S/C22H28ClN3O3.HI/c1-2-24-22(26-14-18(15-27)17-6-4-3-5-7-17)25-9-8-16-12-19(23)21-20(13-16)28-10-11-29-21;/h3-7,12-13,18,27H,2,8-11,14-15H2,1H3,(H2,24,25,26);1H. The van der Waals surface area contributed by atoms with E-state index in [1.54, 1.807) is 0 Å². The van der Waals surface area contributed by atoms with Crippen LogP contribution in [0.5, 0.6) is 11.5 Å². The number of benzene rings is 2. The van der Waals surface area contributed by atoms with Gasteiger partial charge in [-0.25, -0.2) is 0 Å². The number of aliphatic imine (C=N–C) groups is 1. The quantitative estimate of drug-likeness (QED) is 0.269. The van der Waals surface area contributed by atoms with Crippen LogP contribution in [0.25, 0.3) is 0 Å². The first-order chi connectivity index (χ1) is 14.2. The lowest BCUT2D eigenvalue weighted by molar-refractivity contribution is 0.171. The summed E-state index contributed by atoms with van der Waals surface area (Å²) in [5.74, 6) is 2.03. The van der Waals surface area contributed by atoms with Crippen molar-refractivity contribution in [2.45, 2.75) is 19.3 Å². The molecule has 1 heterocycles. The summed E-state index contributed by atoms with van der Waals surface area (Å²) in [7, 11) is 0.